The van der Waals surface area contributed by atoms with Gasteiger partial charge in [0.1, 0.15) is 0 Å². The highest BCUT2D eigenvalue weighted by Crippen LogP contribution is 2.57. The molecule has 0 heteroatoms. The Morgan fingerprint density at radius 3 is 2.25 bits per heavy atom. The van der Waals surface area contributed by atoms with Crippen LogP contribution in [0.25, 0.3) is 22.3 Å². The summed E-state index contributed by atoms with van der Waals surface area (Å²) >= 11 is 0. The molecule has 0 amide bonds. The van der Waals surface area contributed by atoms with Gasteiger partial charge in [-0.25, -0.2) is 0 Å². The molecule has 0 heterocycles. The van der Waals surface area contributed by atoms with Gasteiger partial charge in [0.05, 0.1) is 0 Å². The molecule has 5 aliphatic carbocycles. The third-order valence-electron chi connectivity index (χ3n) is 12.3. The highest BCUT2D eigenvalue weighted by atomic mass is 14.5. The summed E-state index contributed by atoms with van der Waals surface area (Å²) < 4.78 is 0. The van der Waals surface area contributed by atoms with Crippen LogP contribution in [0.3, 0.4) is 0 Å². The van der Waals surface area contributed by atoms with Crippen molar-refractivity contribution in [3.8, 4) is 0 Å². The van der Waals surface area contributed by atoms with E-state index in [2.05, 4.69) is 185 Å². The van der Waals surface area contributed by atoms with Crippen molar-refractivity contribution >= 4 is 22.3 Å². The van der Waals surface area contributed by atoms with Crippen molar-refractivity contribution in [3.63, 3.8) is 0 Å². The number of rotatable bonds is 5. The lowest BCUT2D eigenvalue weighted by Gasteiger charge is -2.37. The summed E-state index contributed by atoms with van der Waals surface area (Å²) in [7, 11) is 0. The fraction of sp³-hybridized carbons (Fsp3) is 0.216. The molecule has 0 radical (unpaired) electrons. The average Bonchev–Trinajstić information content (AvgIpc) is 3.47. The van der Waals surface area contributed by atoms with Crippen molar-refractivity contribution in [1.29, 1.82) is 0 Å². The molecular weight excluding hydrogens is 613 g/mol. The monoisotopic (exact) mass is 658 g/mol. The zero-order valence-electron chi connectivity index (χ0n) is 30.0. The Morgan fingerprint density at radius 2 is 1.43 bits per heavy atom. The van der Waals surface area contributed by atoms with Gasteiger partial charge in [-0.15, -0.1) is 0 Å². The van der Waals surface area contributed by atoms with Gasteiger partial charge in [-0.3, -0.25) is 0 Å². The molecule has 0 fully saturated rings. The molecule has 9 rings (SSSR count). The lowest BCUT2D eigenvalue weighted by atomic mass is 9.66. The Kier molecular flexibility index (Phi) is 8.00. The molecule has 250 valence electrons. The summed E-state index contributed by atoms with van der Waals surface area (Å²) in [4.78, 5) is 0. The van der Waals surface area contributed by atoms with Crippen LogP contribution in [0.5, 0.6) is 0 Å². The smallest absolute Gasteiger partial charge is 0.0222 e. The molecular formula is C51H46. The van der Waals surface area contributed by atoms with Crippen molar-refractivity contribution < 1.29 is 0 Å². The Balaban J connectivity index is 1.21. The van der Waals surface area contributed by atoms with Crippen molar-refractivity contribution in [2.24, 2.45) is 23.7 Å². The number of fused-ring (bicyclic) bond motifs is 5. The van der Waals surface area contributed by atoms with Gasteiger partial charge in [0.15, 0.2) is 0 Å². The number of hydrogen-bond acceptors (Lipinski definition) is 0. The van der Waals surface area contributed by atoms with Crippen LogP contribution < -0.4 is 10.4 Å². The second-order valence-electron chi connectivity index (χ2n) is 15.7. The van der Waals surface area contributed by atoms with Gasteiger partial charge < -0.3 is 0 Å². The molecule has 0 saturated heterocycles. The molecule has 4 aromatic rings. The third kappa shape index (κ3) is 5.53. The van der Waals surface area contributed by atoms with Gasteiger partial charge in [-0.05, 0) is 108 Å². The fourth-order valence-corrected chi connectivity index (χ4v) is 9.90. The van der Waals surface area contributed by atoms with E-state index in [0.717, 1.165) is 19.3 Å². The first kappa shape index (κ1) is 31.8. The SMILES string of the molecule is CC1C(C2=c3ccc(CC4CC=CC(c5ccccc5)=CC4)cc3=C(c3ccccc3)C3C=CC=CC2=C3)=CC=C2c3ccccc3C(C)(C)C21. The molecule has 0 N–H and O–H groups in total. The Hall–Kier alpha value is -5.20. The first-order chi connectivity index (χ1) is 25.0. The van der Waals surface area contributed by atoms with Gasteiger partial charge in [0.2, 0.25) is 0 Å². The predicted octanol–water partition coefficient (Wildman–Crippen LogP) is 10.9. The van der Waals surface area contributed by atoms with E-state index < -0.39 is 0 Å². The molecule has 5 aliphatic rings. The Bertz CT molecular complexity index is 2360. The molecule has 0 spiro atoms. The molecule has 0 nitrogen and oxygen atoms in total. The summed E-state index contributed by atoms with van der Waals surface area (Å²) in [5.74, 6) is 1.53. The minimum Gasteiger partial charge on any atom is -0.0836 e. The van der Waals surface area contributed by atoms with Gasteiger partial charge >= 0.3 is 0 Å². The summed E-state index contributed by atoms with van der Waals surface area (Å²) in [6.07, 6.45) is 27.1. The van der Waals surface area contributed by atoms with Gasteiger partial charge in [0.25, 0.3) is 0 Å². The first-order valence-electron chi connectivity index (χ1n) is 18.9. The van der Waals surface area contributed by atoms with Gasteiger partial charge in [-0.2, -0.15) is 0 Å². The second kappa shape index (κ2) is 12.8. The third-order valence-corrected chi connectivity index (χ3v) is 12.3. The highest BCUT2D eigenvalue weighted by Gasteiger charge is 2.47. The number of allylic oxidation sites excluding steroid dienone is 14. The van der Waals surface area contributed by atoms with E-state index in [-0.39, 0.29) is 11.3 Å². The van der Waals surface area contributed by atoms with Crippen LogP contribution in [0, 0.1) is 23.7 Å². The normalized spacial score (nSPS) is 24.2. The predicted molar refractivity (Wildman–Crippen MR) is 216 cm³/mol. The molecule has 0 aromatic heterocycles. The minimum absolute atomic E-state index is 0.0560. The molecule has 0 aliphatic heterocycles. The molecule has 4 unspecified atom stereocenters. The van der Waals surface area contributed by atoms with E-state index in [1.165, 1.54) is 71.7 Å². The van der Waals surface area contributed by atoms with Crippen LogP contribution in [0.15, 0.2) is 175 Å². The van der Waals surface area contributed by atoms with Crippen LogP contribution in [-0.4, -0.2) is 0 Å². The van der Waals surface area contributed by atoms with E-state index in [4.69, 9.17) is 0 Å². The zero-order valence-corrected chi connectivity index (χ0v) is 30.0. The standard InChI is InChI=1S/C51H46/c1-34-42(29-30-45-43-23-12-13-24-47(43)51(2,3)50(34)45)49-41-21-11-10-20-40(33-41)48(39-18-8-5-9-19-39)46-32-36(26-28-44(46)49)31-35-15-14-22-38(27-25-35)37-16-6-4-7-17-37/h4-14,16-24,26-30,32-35,40,50H,15,25,31H2,1-3H3. The van der Waals surface area contributed by atoms with E-state index in [1.807, 2.05) is 0 Å². The summed E-state index contributed by atoms with van der Waals surface area (Å²) in [5.41, 5.74) is 15.4. The van der Waals surface area contributed by atoms with Crippen LogP contribution >= 0.6 is 0 Å². The Morgan fingerprint density at radius 1 is 0.686 bits per heavy atom. The largest absolute Gasteiger partial charge is 0.0836 e. The Labute approximate surface area is 303 Å². The van der Waals surface area contributed by atoms with E-state index in [0.29, 0.717) is 17.8 Å². The van der Waals surface area contributed by atoms with Gasteiger partial charge in [-0.1, -0.05) is 185 Å². The minimum atomic E-state index is 0.0560. The number of benzene rings is 4. The molecule has 0 saturated carbocycles. The molecule has 2 bridgehead atoms. The fourth-order valence-electron chi connectivity index (χ4n) is 9.90. The zero-order chi connectivity index (χ0) is 34.5. The maximum absolute atomic E-state index is 2.56. The summed E-state index contributed by atoms with van der Waals surface area (Å²) in [5, 5.41) is 2.74. The lowest BCUT2D eigenvalue weighted by Crippen LogP contribution is -2.35. The van der Waals surface area contributed by atoms with Crippen LogP contribution in [0.2, 0.25) is 0 Å². The molecule has 4 atom stereocenters. The van der Waals surface area contributed by atoms with Crippen LogP contribution in [0.1, 0.15) is 61.4 Å². The molecule has 51 heavy (non-hydrogen) atoms. The highest BCUT2D eigenvalue weighted by molar-refractivity contribution is 5.90. The maximum Gasteiger partial charge on any atom is 0.0222 e. The van der Waals surface area contributed by atoms with Crippen LogP contribution in [0.4, 0.5) is 0 Å². The van der Waals surface area contributed by atoms with Crippen molar-refractivity contribution in [3.05, 3.63) is 213 Å². The number of hydrogen-bond donors (Lipinski definition) is 0. The molecule has 4 aromatic carbocycles. The van der Waals surface area contributed by atoms with Crippen molar-refractivity contribution in [2.75, 3.05) is 0 Å². The summed E-state index contributed by atoms with van der Waals surface area (Å²) in [6.45, 7) is 7.40. The average molecular weight is 659 g/mol. The van der Waals surface area contributed by atoms with E-state index in [9.17, 15) is 0 Å². The maximum atomic E-state index is 2.56. The van der Waals surface area contributed by atoms with Crippen LogP contribution in [-0.2, 0) is 11.8 Å². The second-order valence-corrected chi connectivity index (χ2v) is 15.7. The lowest BCUT2D eigenvalue weighted by molar-refractivity contribution is 0.340. The quantitative estimate of drug-likeness (QED) is 0.200. The van der Waals surface area contributed by atoms with Gasteiger partial charge in [0, 0.05) is 11.8 Å². The topological polar surface area (TPSA) is 0 Å². The van der Waals surface area contributed by atoms with E-state index >= 15 is 0 Å². The first-order valence-corrected chi connectivity index (χ1v) is 18.9. The van der Waals surface area contributed by atoms with Crippen molar-refractivity contribution in [2.45, 2.75) is 45.4 Å². The van der Waals surface area contributed by atoms with E-state index in [1.54, 1.807) is 0 Å². The summed E-state index contributed by atoms with van der Waals surface area (Å²) in [6, 6.07) is 38.5. The van der Waals surface area contributed by atoms with Crippen molar-refractivity contribution in [1.82, 2.24) is 0 Å².